The van der Waals surface area contributed by atoms with Crippen LogP contribution in [0.15, 0.2) is 8.68 Å². The molecular formula is C10H15N3O3S4. The molecule has 1 aromatic rings. The third-order valence-electron chi connectivity index (χ3n) is 2.58. The SMILES string of the molecule is CCSc1nnc(SCC(=O)N[C@H]2CCS(=O)(=O)C2)s1. The Morgan fingerprint density at radius 1 is 1.40 bits per heavy atom. The van der Waals surface area contributed by atoms with Gasteiger partial charge in [0.2, 0.25) is 5.91 Å². The van der Waals surface area contributed by atoms with Crippen LogP contribution in [-0.2, 0) is 14.6 Å². The van der Waals surface area contributed by atoms with Gasteiger partial charge in [0.25, 0.3) is 0 Å². The van der Waals surface area contributed by atoms with Gasteiger partial charge in [0.15, 0.2) is 18.5 Å². The fourth-order valence-corrected chi connectivity index (χ4v) is 6.14. The Morgan fingerprint density at radius 2 is 2.10 bits per heavy atom. The minimum Gasteiger partial charge on any atom is -0.352 e. The highest BCUT2D eigenvalue weighted by molar-refractivity contribution is 8.03. The fourth-order valence-electron chi connectivity index (χ4n) is 1.74. The van der Waals surface area contributed by atoms with Crippen molar-refractivity contribution in [3.05, 3.63) is 0 Å². The van der Waals surface area contributed by atoms with E-state index in [4.69, 9.17) is 0 Å². The minimum absolute atomic E-state index is 0.0551. The second kappa shape index (κ2) is 7.10. The molecule has 1 aliphatic rings. The zero-order valence-corrected chi connectivity index (χ0v) is 14.1. The van der Waals surface area contributed by atoms with Crippen LogP contribution < -0.4 is 5.32 Å². The lowest BCUT2D eigenvalue weighted by Gasteiger charge is -2.09. The normalized spacial score (nSPS) is 20.9. The van der Waals surface area contributed by atoms with Gasteiger partial charge in [0, 0.05) is 6.04 Å². The Kier molecular flexibility index (Phi) is 5.70. The number of amides is 1. The number of rotatable bonds is 6. The third kappa shape index (κ3) is 4.90. The van der Waals surface area contributed by atoms with Crippen LogP contribution in [0.1, 0.15) is 13.3 Å². The summed E-state index contributed by atoms with van der Waals surface area (Å²) >= 11 is 4.42. The molecule has 0 saturated carbocycles. The lowest BCUT2D eigenvalue weighted by Crippen LogP contribution is -2.36. The number of hydrogen-bond acceptors (Lipinski definition) is 8. The smallest absolute Gasteiger partial charge is 0.230 e. The van der Waals surface area contributed by atoms with Crippen molar-refractivity contribution in [2.75, 3.05) is 23.0 Å². The van der Waals surface area contributed by atoms with Gasteiger partial charge in [-0.3, -0.25) is 4.79 Å². The molecule has 1 aliphatic heterocycles. The molecule has 0 radical (unpaired) electrons. The van der Waals surface area contributed by atoms with E-state index >= 15 is 0 Å². The van der Waals surface area contributed by atoms with Gasteiger partial charge in [-0.15, -0.1) is 10.2 Å². The maximum absolute atomic E-state index is 11.7. The summed E-state index contributed by atoms with van der Waals surface area (Å²) in [5, 5.41) is 10.8. The number of nitrogens with zero attached hydrogens (tertiary/aromatic N) is 2. The molecule has 2 rings (SSSR count). The summed E-state index contributed by atoms with van der Waals surface area (Å²) in [5.74, 6) is 1.24. The van der Waals surface area contributed by atoms with E-state index in [1.807, 2.05) is 6.92 Å². The highest BCUT2D eigenvalue weighted by atomic mass is 32.2. The van der Waals surface area contributed by atoms with Gasteiger partial charge in [0.1, 0.15) is 0 Å². The Balaban J connectivity index is 1.74. The predicted octanol–water partition coefficient (Wildman–Crippen LogP) is 1.05. The molecule has 1 amide bonds. The minimum atomic E-state index is -2.96. The lowest BCUT2D eigenvalue weighted by atomic mass is 10.3. The molecule has 1 N–H and O–H groups in total. The third-order valence-corrected chi connectivity index (χ3v) is 7.42. The van der Waals surface area contributed by atoms with E-state index in [0.29, 0.717) is 6.42 Å². The van der Waals surface area contributed by atoms with E-state index in [1.54, 1.807) is 11.8 Å². The Hall–Kier alpha value is -0.320. The van der Waals surface area contributed by atoms with Gasteiger partial charge in [-0.25, -0.2) is 8.42 Å². The van der Waals surface area contributed by atoms with Gasteiger partial charge >= 0.3 is 0 Å². The molecule has 0 aliphatic carbocycles. The molecule has 0 unspecified atom stereocenters. The maximum Gasteiger partial charge on any atom is 0.230 e. The van der Waals surface area contributed by atoms with Gasteiger partial charge in [-0.05, 0) is 12.2 Å². The van der Waals surface area contributed by atoms with Crippen LogP contribution >= 0.6 is 34.9 Å². The maximum atomic E-state index is 11.7. The van der Waals surface area contributed by atoms with Crippen LogP contribution in [0, 0.1) is 0 Å². The highest BCUT2D eigenvalue weighted by Gasteiger charge is 2.28. The van der Waals surface area contributed by atoms with E-state index < -0.39 is 9.84 Å². The van der Waals surface area contributed by atoms with E-state index in [0.717, 1.165) is 14.4 Å². The van der Waals surface area contributed by atoms with Gasteiger partial charge in [-0.2, -0.15) is 0 Å². The number of hydrogen-bond donors (Lipinski definition) is 1. The first-order chi connectivity index (χ1) is 9.48. The van der Waals surface area contributed by atoms with Crippen molar-refractivity contribution in [2.45, 2.75) is 28.1 Å². The molecule has 1 saturated heterocycles. The lowest BCUT2D eigenvalue weighted by molar-refractivity contribution is -0.119. The fraction of sp³-hybridized carbons (Fsp3) is 0.700. The predicted molar refractivity (Wildman–Crippen MR) is 82.2 cm³/mol. The topological polar surface area (TPSA) is 89.0 Å². The number of nitrogens with one attached hydrogen (secondary N) is 1. The monoisotopic (exact) mass is 353 g/mol. The van der Waals surface area contributed by atoms with Crippen LogP contribution in [-0.4, -0.2) is 53.6 Å². The van der Waals surface area contributed by atoms with Gasteiger partial charge in [0.05, 0.1) is 17.3 Å². The summed E-state index contributed by atoms with van der Waals surface area (Å²) in [6, 6.07) is -0.242. The summed E-state index contributed by atoms with van der Waals surface area (Å²) in [7, 11) is -2.96. The molecule has 10 heteroatoms. The Labute approximate surface area is 130 Å². The second-order valence-corrected chi connectivity index (χ2v) is 10.2. The summed E-state index contributed by atoms with van der Waals surface area (Å²) in [5.41, 5.74) is 0. The van der Waals surface area contributed by atoms with Crippen molar-refractivity contribution in [1.82, 2.24) is 15.5 Å². The molecule has 20 heavy (non-hydrogen) atoms. The largest absolute Gasteiger partial charge is 0.352 e. The number of carbonyl (C=O) groups excluding carboxylic acids is 1. The number of sulfone groups is 1. The summed E-state index contributed by atoms with van der Waals surface area (Å²) in [6.07, 6.45) is 0.509. The average Bonchev–Trinajstić information content (AvgIpc) is 2.94. The molecule has 1 fully saturated rings. The summed E-state index contributed by atoms with van der Waals surface area (Å²) in [4.78, 5) is 11.7. The van der Waals surface area contributed by atoms with Crippen molar-refractivity contribution in [2.24, 2.45) is 0 Å². The van der Waals surface area contributed by atoms with E-state index in [9.17, 15) is 13.2 Å². The highest BCUT2D eigenvalue weighted by Crippen LogP contribution is 2.28. The van der Waals surface area contributed by atoms with Crippen molar-refractivity contribution in [1.29, 1.82) is 0 Å². The molecule has 6 nitrogen and oxygen atoms in total. The van der Waals surface area contributed by atoms with E-state index in [1.165, 1.54) is 23.1 Å². The molecule has 112 valence electrons. The molecule has 2 heterocycles. The van der Waals surface area contributed by atoms with Crippen molar-refractivity contribution < 1.29 is 13.2 Å². The van der Waals surface area contributed by atoms with E-state index in [2.05, 4.69) is 15.5 Å². The molecule has 1 atom stereocenters. The van der Waals surface area contributed by atoms with Crippen LogP contribution in [0.2, 0.25) is 0 Å². The van der Waals surface area contributed by atoms with E-state index in [-0.39, 0.29) is 29.2 Å². The average molecular weight is 354 g/mol. The van der Waals surface area contributed by atoms with Gasteiger partial charge in [-0.1, -0.05) is 41.8 Å². The summed E-state index contributed by atoms with van der Waals surface area (Å²) in [6.45, 7) is 2.04. The molecule has 0 spiro atoms. The number of thioether (sulfide) groups is 2. The van der Waals surface area contributed by atoms with Crippen LogP contribution in [0.5, 0.6) is 0 Å². The summed E-state index contributed by atoms with van der Waals surface area (Å²) < 4.78 is 24.2. The van der Waals surface area contributed by atoms with Crippen molar-refractivity contribution >= 4 is 50.6 Å². The first-order valence-corrected chi connectivity index (χ1v) is 10.7. The second-order valence-electron chi connectivity index (χ2n) is 4.22. The quantitative estimate of drug-likeness (QED) is 0.765. The molecular weight excluding hydrogens is 338 g/mol. The van der Waals surface area contributed by atoms with Crippen molar-refractivity contribution in [3.8, 4) is 0 Å². The number of aromatic nitrogens is 2. The van der Waals surface area contributed by atoms with Crippen LogP contribution in [0.4, 0.5) is 0 Å². The first kappa shape index (κ1) is 16.1. The Morgan fingerprint density at radius 3 is 2.70 bits per heavy atom. The van der Waals surface area contributed by atoms with Crippen LogP contribution in [0.3, 0.4) is 0 Å². The Bertz CT molecular complexity index is 572. The van der Waals surface area contributed by atoms with Crippen molar-refractivity contribution in [3.63, 3.8) is 0 Å². The standard InChI is InChI=1S/C10H15N3O3S4/c1-2-17-9-12-13-10(19-9)18-5-8(14)11-7-3-4-20(15,16)6-7/h7H,2-6H2,1H3,(H,11,14)/t7-/m0/s1. The molecule has 1 aromatic heterocycles. The number of carbonyl (C=O) groups is 1. The van der Waals surface area contributed by atoms with Gasteiger partial charge < -0.3 is 5.32 Å². The molecule has 0 bridgehead atoms. The zero-order chi connectivity index (χ0) is 14.6. The molecule has 0 aromatic carbocycles. The zero-order valence-electron chi connectivity index (χ0n) is 10.9. The van der Waals surface area contributed by atoms with Crippen LogP contribution in [0.25, 0.3) is 0 Å². The first-order valence-electron chi connectivity index (χ1n) is 6.07.